The Morgan fingerprint density at radius 1 is 1.26 bits per heavy atom. The van der Waals surface area contributed by atoms with Gasteiger partial charge in [0, 0.05) is 5.41 Å². The fourth-order valence-corrected chi connectivity index (χ4v) is 5.18. The van der Waals surface area contributed by atoms with Gasteiger partial charge in [0.25, 0.3) is 5.91 Å². The molecule has 0 aromatic carbocycles. The number of nitrogens with zero attached hydrogens (tertiary/aromatic N) is 1. The van der Waals surface area contributed by atoms with E-state index in [1.54, 1.807) is 6.20 Å². The minimum Gasteiger partial charge on any atom is -0.337 e. The molecule has 4 aliphatic rings. The molecule has 1 aromatic heterocycles. The number of aromatic nitrogens is 2. The number of carbonyl (C=O) groups is 1. The van der Waals surface area contributed by atoms with E-state index >= 15 is 0 Å². The van der Waals surface area contributed by atoms with Gasteiger partial charge in [0.1, 0.15) is 11.5 Å². The van der Waals surface area contributed by atoms with E-state index in [-0.39, 0.29) is 11.3 Å². The van der Waals surface area contributed by atoms with Crippen LogP contribution < -0.4 is 11.3 Å². The summed E-state index contributed by atoms with van der Waals surface area (Å²) in [4.78, 5) is 19.3. The number of nitrogens with one attached hydrogen (secondary N) is 2. The molecule has 1 amide bonds. The van der Waals surface area contributed by atoms with Crippen molar-refractivity contribution in [2.75, 3.05) is 0 Å². The van der Waals surface area contributed by atoms with Crippen molar-refractivity contribution >= 4 is 5.91 Å². The van der Waals surface area contributed by atoms with Crippen molar-refractivity contribution < 1.29 is 4.79 Å². The Labute approximate surface area is 112 Å². The Morgan fingerprint density at radius 2 is 1.84 bits per heavy atom. The molecule has 0 aliphatic heterocycles. The number of hydrogen-bond donors (Lipinski definition) is 3. The van der Waals surface area contributed by atoms with Crippen LogP contribution in [0.1, 0.15) is 54.8 Å². The summed E-state index contributed by atoms with van der Waals surface area (Å²) in [6.45, 7) is 0. The van der Waals surface area contributed by atoms with Crippen LogP contribution in [0.5, 0.6) is 0 Å². The van der Waals surface area contributed by atoms with E-state index < -0.39 is 0 Å². The minimum atomic E-state index is -0.288. The first-order chi connectivity index (χ1) is 9.18. The highest BCUT2D eigenvalue weighted by molar-refractivity contribution is 5.91. The number of nitrogen functional groups attached to an aromatic ring is 1. The second-order valence-corrected chi connectivity index (χ2v) is 6.82. The predicted octanol–water partition coefficient (Wildman–Crippen LogP) is 1.48. The van der Waals surface area contributed by atoms with Crippen LogP contribution in [0.4, 0.5) is 0 Å². The monoisotopic (exact) mass is 260 g/mol. The van der Waals surface area contributed by atoms with Gasteiger partial charge in [0.05, 0.1) is 6.20 Å². The molecule has 4 saturated carbocycles. The molecular weight excluding hydrogens is 240 g/mol. The zero-order valence-corrected chi connectivity index (χ0v) is 11.0. The molecule has 4 N–H and O–H groups in total. The third-order valence-corrected chi connectivity index (χ3v) is 5.49. The average molecular weight is 260 g/mol. The van der Waals surface area contributed by atoms with Crippen molar-refractivity contribution in [2.45, 2.75) is 43.9 Å². The highest BCUT2D eigenvalue weighted by Crippen LogP contribution is 2.60. The van der Waals surface area contributed by atoms with Gasteiger partial charge in [0.15, 0.2) is 0 Å². The van der Waals surface area contributed by atoms with Gasteiger partial charge in [-0.3, -0.25) is 10.2 Å². The van der Waals surface area contributed by atoms with E-state index in [1.807, 2.05) is 0 Å². The van der Waals surface area contributed by atoms with Gasteiger partial charge in [-0.15, -0.1) is 0 Å². The smallest absolute Gasteiger partial charge is 0.283 e. The van der Waals surface area contributed by atoms with E-state index in [2.05, 4.69) is 15.4 Å². The van der Waals surface area contributed by atoms with Crippen LogP contribution in [-0.2, 0) is 5.41 Å². The zero-order valence-electron chi connectivity index (χ0n) is 11.0. The van der Waals surface area contributed by atoms with E-state index in [9.17, 15) is 4.79 Å². The molecule has 0 spiro atoms. The normalized spacial score (nSPS) is 39.5. The van der Waals surface area contributed by atoms with E-state index in [0.717, 1.165) is 23.6 Å². The molecule has 4 bridgehead atoms. The van der Waals surface area contributed by atoms with Crippen molar-refractivity contribution in [3.05, 3.63) is 17.7 Å². The maximum Gasteiger partial charge on any atom is 0.283 e. The van der Waals surface area contributed by atoms with Crippen LogP contribution in [0.3, 0.4) is 0 Å². The molecule has 5 heteroatoms. The highest BCUT2D eigenvalue weighted by atomic mass is 16.2. The fraction of sp³-hybridized carbons (Fsp3) is 0.714. The number of aromatic amines is 1. The third-order valence-electron chi connectivity index (χ3n) is 5.49. The Balaban J connectivity index is 1.68. The van der Waals surface area contributed by atoms with Crippen LogP contribution in [0.15, 0.2) is 6.20 Å². The van der Waals surface area contributed by atoms with Gasteiger partial charge in [0.2, 0.25) is 0 Å². The molecule has 0 unspecified atom stereocenters. The lowest BCUT2D eigenvalue weighted by atomic mass is 9.49. The number of H-pyrrole nitrogens is 1. The lowest BCUT2D eigenvalue weighted by Gasteiger charge is -2.55. The Bertz CT molecular complexity index is 486. The number of nitrogens with two attached hydrogens (primary N) is 1. The highest BCUT2D eigenvalue weighted by Gasteiger charge is 2.53. The van der Waals surface area contributed by atoms with Gasteiger partial charge in [-0.05, 0) is 56.3 Å². The maximum atomic E-state index is 11.5. The standard InChI is InChI=1S/C14H20N4O/c15-18-12(19)11-7-16-13(17-11)14-4-8-1-9(5-14)3-10(2-8)6-14/h7-10H,1-6,15H2,(H,16,17)(H,18,19). The molecule has 1 heterocycles. The quantitative estimate of drug-likeness (QED) is 0.428. The summed E-state index contributed by atoms with van der Waals surface area (Å²) in [7, 11) is 0. The summed E-state index contributed by atoms with van der Waals surface area (Å²) >= 11 is 0. The van der Waals surface area contributed by atoms with E-state index in [0.29, 0.717) is 5.69 Å². The molecule has 0 atom stereocenters. The number of rotatable bonds is 2. The first-order valence-corrected chi connectivity index (χ1v) is 7.25. The van der Waals surface area contributed by atoms with Crippen molar-refractivity contribution in [1.82, 2.24) is 15.4 Å². The average Bonchev–Trinajstić information content (AvgIpc) is 2.86. The second kappa shape index (κ2) is 3.82. The summed E-state index contributed by atoms with van der Waals surface area (Å²) in [6.07, 6.45) is 9.60. The molecule has 5 nitrogen and oxygen atoms in total. The van der Waals surface area contributed by atoms with Crippen molar-refractivity contribution in [2.24, 2.45) is 23.6 Å². The van der Waals surface area contributed by atoms with Gasteiger partial charge >= 0.3 is 0 Å². The van der Waals surface area contributed by atoms with Crippen LogP contribution >= 0.6 is 0 Å². The third kappa shape index (κ3) is 1.64. The van der Waals surface area contributed by atoms with Gasteiger partial charge in [-0.2, -0.15) is 0 Å². The summed E-state index contributed by atoms with van der Waals surface area (Å²) in [5.41, 5.74) is 2.85. The molecule has 102 valence electrons. The van der Waals surface area contributed by atoms with Crippen LogP contribution in [0.25, 0.3) is 0 Å². The minimum absolute atomic E-state index is 0.210. The molecule has 0 radical (unpaired) electrons. The molecule has 1 aromatic rings. The Kier molecular flexibility index (Phi) is 2.31. The summed E-state index contributed by atoms with van der Waals surface area (Å²) in [6, 6.07) is 0. The van der Waals surface area contributed by atoms with Crippen molar-refractivity contribution in [3.8, 4) is 0 Å². The first kappa shape index (κ1) is 11.5. The van der Waals surface area contributed by atoms with Gasteiger partial charge in [-0.25, -0.2) is 10.8 Å². The fourth-order valence-electron chi connectivity index (χ4n) is 5.18. The van der Waals surface area contributed by atoms with Crippen LogP contribution in [0, 0.1) is 17.8 Å². The molecular formula is C14H20N4O. The van der Waals surface area contributed by atoms with Crippen molar-refractivity contribution in [3.63, 3.8) is 0 Å². The largest absolute Gasteiger partial charge is 0.337 e. The number of carbonyl (C=O) groups excluding carboxylic acids is 1. The topological polar surface area (TPSA) is 83.8 Å². The number of hydrogen-bond acceptors (Lipinski definition) is 3. The molecule has 4 fully saturated rings. The van der Waals surface area contributed by atoms with E-state index in [4.69, 9.17) is 5.84 Å². The van der Waals surface area contributed by atoms with Gasteiger partial charge in [-0.1, -0.05) is 0 Å². The lowest BCUT2D eigenvalue weighted by molar-refractivity contribution is -0.00903. The summed E-state index contributed by atoms with van der Waals surface area (Å²) in [5.74, 6) is 8.54. The Morgan fingerprint density at radius 3 is 2.37 bits per heavy atom. The predicted molar refractivity (Wildman–Crippen MR) is 70.1 cm³/mol. The molecule has 0 saturated heterocycles. The molecule has 19 heavy (non-hydrogen) atoms. The Hall–Kier alpha value is -1.36. The second-order valence-electron chi connectivity index (χ2n) is 6.82. The SMILES string of the molecule is NNC(=O)c1cnc(C23CC4CC(CC(C4)C2)C3)[nH]1. The molecule has 5 rings (SSSR count). The van der Waals surface area contributed by atoms with Gasteiger partial charge < -0.3 is 4.98 Å². The lowest BCUT2D eigenvalue weighted by Crippen LogP contribution is -2.49. The van der Waals surface area contributed by atoms with Crippen LogP contribution in [0.2, 0.25) is 0 Å². The molecule has 4 aliphatic carbocycles. The summed E-state index contributed by atoms with van der Waals surface area (Å²) in [5, 5.41) is 0. The van der Waals surface area contributed by atoms with Crippen molar-refractivity contribution in [1.29, 1.82) is 0 Å². The number of hydrazine groups is 1. The zero-order chi connectivity index (χ0) is 13.0. The number of imidazole rings is 1. The first-order valence-electron chi connectivity index (χ1n) is 7.25. The van der Waals surface area contributed by atoms with E-state index in [1.165, 1.54) is 38.5 Å². The number of amides is 1. The summed E-state index contributed by atoms with van der Waals surface area (Å²) < 4.78 is 0. The van der Waals surface area contributed by atoms with Crippen LogP contribution in [-0.4, -0.2) is 15.9 Å². The maximum absolute atomic E-state index is 11.5.